The second kappa shape index (κ2) is 5.08. The number of carbonyl (C=O) groups excluding carboxylic acids is 1. The second-order valence-electron chi connectivity index (χ2n) is 5.96. The summed E-state index contributed by atoms with van der Waals surface area (Å²) in [7, 11) is 0. The normalized spacial score (nSPS) is 18.2. The summed E-state index contributed by atoms with van der Waals surface area (Å²) in [5.74, 6) is -0.290. The van der Waals surface area contributed by atoms with Crippen molar-refractivity contribution in [3.05, 3.63) is 41.5 Å². The molecule has 0 amide bonds. The van der Waals surface area contributed by atoms with Gasteiger partial charge in [0.15, 0.2) is 0 Å². The summed E-state index contributed by atoms with van der Waals surface area (Å²) in [5.41, 5.74) is 3.30. The molecule has 3 nitrogen and oxygen atoms in total. The molecule has 3 heteroatoms. The molecule has 1 aliphatic rings. The highest BCUT2D eigenvalue weighted by atomic mass is 16.6. The first-order chi connectivity index (χ1) is 8.85. The van der Waals surface area contributed by atoms with Crippen molar-refractivity contribution in [2.75, 3.05) is 5.32 Å². The number of anilines is 1. The van der Waals surface area contributed by atoms with Crippen molar-refractivity contribution < 1.29 is 9.53 Å². The molecule has 102 valence electrons. The summed E-state index contributed by atoms with van der Waals surface area (Å²) in [6.07, 6.45) is 4.31. The SMILES string of the molecule is Cc1cccc2c1N[C@H](/C=C/C(=O)OC(C)(C)C)C2. The summed E-state index contributed by atoms with van der Waals surface area (Å²) in [5, 5.41) is 3.43. The first-order valence-corrected chi connectivity index (χ1v) is 6.61. The van der Waals surface area contributed by atoms with Gasteiger partial charge in [-0.25, -0.2) is 4.79 Å². The zero-order chi connectivity index (χ0) is 14.0. The highest BCUT2D eigenvalue weighted by Gasteiger charge is 2.20. The number of hydrogen-bond donors (Lipinski definition) is 1. The Kier molecular flexibility index (Phi) is 3.65. The van der Waals surface area contributed by atoms with E-state index in [-0.39, 0.29) is 12.0 Å². The maximum atomic E-state index is 11.6. The average molecular weight is 259 g/mol. The summed E-state index contributed by atoms with van der Waals surface area (Å²) in [6.45, 7) is 7.69. The van der Waals surface area contributed by atoms with Crippen LogP contribution in [0.25, 0.3) is 0 Å². The number of rotatable bonds is 2. The second-order valence-corrected chi connectivity index (χ2v) is 5.96. The molecular formula is C16H21NO2. The Bertz CT molecular complexity index is 512. The zero-order valence-electron chi connectivity index (χ0n) is 12.0. The van der Waals surface area contributed by atoms with Crippen LogP contribution in [0.4, 0.5) is 5.69 Å². The Morgan fingerprint density at radius 1 is 1.42 bits per heavy atom. The van der Waals surface area contributed by atoms with Gasteiger partial charge in [-0.15, -0.1) is 0 Å². The molecule has 0 spiro atoms. The van der Waals surface area contributed by atoms with Crippen LogP contribution < -0.4 is 5.32 Å². The van der Waals surface area contributed by atoms with Gasteiger partial charge in [0.2, 0.25) is 0 Å². The third kappa shape index (κ3) is 3.60. The molecule has 1 heterocycles. The molecule has 0 radical (unpaired) electrons. The van der Waals surface area contributed by atoms with Gasteiger partial charge in [0, 0.05) is 17.8 Å². The molecule has 0 bridgehead atoms. The summed E-state index contributed by atoms with van der Waals surface area (Å²) >= 11 is 0. The molecule has 1 N–H and O–H groups in total. The lowest BCUT2D eigenvalue weighted by molar-refractivity contribution is -0.148. The maximum Gasteiger partial charge on any atom is 0.331 e. The van der Waals surface area contributed by atoms with Crippen LogP contribution in [0.15, 0.2) is 30.4 Å². The third-order valence-corrected chi connectivity index (χ3v) is 3.00. The fraction of sp³-hybridized carbons (Fsp3) is 0.438. The van der Waals surface area contributed by atoms with Gasteiger partial charge in [0.25, 0.3) is 0 Å². The van der Waals surface area contributed by atoms with Gasteiger partial charge in [0.05, 0.1) is 0 Å². The van der Waals surface area contributed by atoms with E-state index in [0.717, 1.165) is 6.42 Å². The standard InChI is InChI=1S/C16H21NO2/c1-11-6-5-7-12-10-13(17-15(11)12)8-9-14(18)19-16(2,3)4/h5-9,13,17H,10H2,1-4H3/b9-8+/t13-/m1/s1. The topological polar surface area (TPSA) is 38.3 Å². The molecule has 2 rings (SSSR count). The maximum absolute atomic E-state index is 11.6. The van der Waals surface area contributed by atoms with E-state index < -0.39 is 5.60 Å². The van der Waals surface area contributed by atoms with Crippen molar-refractivity contribution >= 4 is 11.7 Å². The lowest BCUT2D eigenvalue weighted by atomic mass is 10.1. The molecule has 1 aromatic rings. The Hall–Kier alpha value is -1.77. The van der Waals surface area contributed by atoms with Crippen LogP contribution in [-0.2, 0) is 16.0 Å². The predicted molar refractivity (Wildman–Crippen MR) is 77.3 cm³/mol. The first kappa shape index (κ1) is 13.7. The number of benzene rings is 1. The predicted octanol–water partition coefficient (Wildman–Crippen LogP) is 3.23. The number of hydrogen-bond acceptors (Lipinski definition) is 3. The van der Waals surface area contributed by atoms with Gasteiger partial charge in [-0.1, -0.05) is 24.3 Å². The van der Waals surface area contributed by atoms with Crippen molar-refractivity contribution in [3.63, 3.8) is 0 Å². The highest BCUT2D eigenvalue weighted by Crippen LogP contribution is 2.29. The van der Waals surface area contributed by atoms with Gasteiger partial charge in [0.1, 0.15) is 5.60 Å². The van der Waals surface area contributed by atoms with Gasteiger partial charge < -0.3 is 10.1 Å². The lowest BCUT2D eigenvalue weighted by Gasteiger charge is -2.18. The van der Waals surface area contributed by atoms with E-state index in [1.165, 1.54) is 22.9 Å². The fourth-order valence-electron chi connectivity index (χ4n) is 2.23. The Balaban J connectivity index is 1.97. The zero-order valence-corrected chi connectivity index (χ0v) is 12.0. The molecule has 0 saturated heterocycles. The van der Waals surface area contributed by atoms with Crippen LogP contribution in [0.2, 0.25) is 0 Å². The van der Waals surface area contributed by atoms with Crippen LogP contribution in [0.1, 0.15) is 31.9 Å². The van der Waals surface area contributed by atoms with Crippen LogP contribution in [0.3, 0.4) is 0 Å². The molecule has 1 atom stereocenters. The molecule has 1 aliphatic heterocycles. The minimum Gasteiger partial charge on any atom is -0.457 e. The monoisotopic (exact) mass is 259 g/mol. The molecule has 0 aromatic heterocycles. The van der Waals surface area contributed by atoms with Crippen molar-refractivity contribution in [2.45, 2.75) is 45.8 Å². The van der Waals surface area contributed by atoms with Gasteiger partial charge in [-0.05, 0) is 45.2 Å². The third-order valence-electron chi connectivity index (χ3n) is 3.00. The van der Waals surface area contributed by atoms with Crippen LogP contribution >= 0.6 is 0 Å². The largest absolute Gasteiger partial charge is 0.457 e. The van der Waals surface area contributed by atoms with E-state index in [4.69, 9.17) is 4.74 Å². The molecule has 19 heavy (non-hydrogen) atoms. The van der Waals surface area contributed by atoms with E-state index in [9.17, 15) is 4.79 Å². The summed E-state index contributed by atoms with van der Waals surface area (Å²) in [6, 6.07) is 6.45. The number of ether oxygens (including phenoxy) is 1. The van der Waals surface area contributed by atoms with Crippen LogP contribution in [0, 0.1) is 6.92 Å². The van der Waals surface area contributed by atoms with Crippen molar-refractivity contribution in [1.29, 1.82) is 0 Å². The smallest absolute Gasteiger partial charge is 0.331 e. The minimum atomic E-state index is -0.440. The fourth-order valence-corrected chi connectivity index (χ4v) is 2.23. The Labute approximate surface area is 114 Å². The van der Waals surface area contributed by atoms with Crippen LogP contribution in [0.5, 0.6) is 0 Å². The highest BCUT2D eigenvalue weighted by molar-refractivity contribution is 5.82. The van der Waals surface area contributed by atoms with Crippen LogP contribution in [-0.4, -0.2) is 17.6 Å². The number of carbonyl (C=O) groups is 1. The van der Waals surface area contributed by atoms with Gasteiger partial charge in [-0.3, -0.25) is 0 Å². The average Bonchev–Trinajstić information content (AvgIpc) is 2.68. The van der Waals surface area contributed by atoms with Gasteiger partial charge in [-0.2, -0.15) is 0 Å². The number of nitrogens with one attached hydrogen (secondary N) is 1. The molecule has 0 fully saturated rings. The summed E-state index contributed by atoms with van der Waals surface area (Å²) in [4.78, 5) is 11.6. The molecule has 0 aliphatic carbocycles. The van der Waals surface area contributed by atoms with Gasteiger partial charge >= 0.3 is 5.97 Å². The van der Waals surface area contributed by atoms with Crippen molar-refractivity contribution in [1.82, 2.24) is 0 Å². The number of fused-ring (bicyclic) bond motifs is 1. The minimum absolute atomic E-state index is 0.170. The van der Waals surface area contributed by atoms with E-state index in [2.05, 4.69) is 30.4 Å². The number of aryl methyl sites for hydroxylation is 1. The quantitative estimate of drug-likeness (QED) is 0.654. The lowest BCUT2D eigenvalue weighted by Crippen LogP contribution is -2.23. The molecule has 0 saturated carbocycles. The number of esters is 1. The van der Waals surface area contributed by atoms with Crippen molar-refractivity contribution in [2.24, 2.45) is 0 Å². The molecule has 1 aromatic carbocycles. The number of para-hydroxylation sites is 1. The summed E-state index contributed by atoms with van der Waals surface area (Å²) < 4.78 is 5.24. The Morgan fingerprint density at radius 2 is 2.16 bits per heavy atom. The van der Waals surface area contributed by atoms with Crippen molar-refractivity contribution in [3.8, 4) is 0 Å². The Morgan fingerprint density at radius 3 is 2.79 bits per heavy atom. The molecule has 0 unspecified atom stereocenters. The first-order valence-electron chi connectivity index (χ1n) is 6.61. The van der Waals surface area contributed by atoms with E-state index in [1.54, 1.807) is 0 Å². The molecular weight excluding hydrogens is 238 g/mol. The van der Waals surface area contributed by atoms with E-state index in [0.29, 0.717) is 0 Å². The van der Waals surface area contributed by atoms with E-state index >= 15 is 0 Å². The van der Waals surface area contributed by atoms with E-state index in [1.807, 2.05) is 26.8 Å².